The summed E-state index contributed by atoms with van der Waals surface area (Å²) >= 11 is 0.605. The number of carbonyl (C=O) groups excluding carboxylic acids is 1. The second kappa shape index (κ2) is 11.3. The highest BCUT2D eigenvalue weighted by Crippen LogP contribution is 2.37. The number of anilines is 3. The van der Waals surface area contributed by atoms with Crippen LogP contribution >= 0.6 is 11.3 Å². The van der Waals surface area contributed by atoms with E-state index in [4.69, 9.17) is 5.26 Å². The van der Waals surface area contributed by atoms with E-state index in [2.05, 4.69) is 10.3 Å². The lowest BCUT2D eigenvalue weighted by molar-refractivity contribution is -0.140. The summed E-state index contributed by atoms with van der Waals surface area (Å²) in [6, 6.07) is 13.0. The number of benzene rings is 2. The van der Waals surface area contributed by atoms with Gasteiger partial charge in [0.25, 0.3) is 5.91 Å². The van der Waals surface area contributed by atoms with E-state index in [0.29, 0.717) is 11.3 Å². The molecule has 1 aliphatic heterocycles. The van der Waals surface area contributed by atoms with Gasteiger partial charge in [-0.25, -0.2) is 21.8 Å². The predicted octanol–water partition coefficient (Wildman–Crippen LogP) is 3.19. The number of sulfonamides is 2. The van der Waals surface area contributed by atoms with Crippen molar-refractivity contribution >= 4 is 53.8 Å². The number of para-hydroxylation sites is 1. The molecule has 0 aliphatic carbocycles. The average Bonchev–Trinajstić information content (AvgIpc) is 3.38. The van der Waals surface area contributed by atoms with Crippen LogP contribution < -0.4 is 14.5 Å². The zero-order valence-corrected chi connectivity index (χ0v) is 24.0. The second-order valence-electron chi connectivity index (χ2n) is 8.90. The van der Waals surface area contributed by atoms with Gasteiger partial charge in [0, 0.05) is 38.9 Å². The molecule has 2 heterocycles. The van der Waals surface area contributed by atoms with Crippen LogP contribution in [0.15, 0.2) is 53.4 Å². The molecule has 41 heavy (non-hydrogen) atoms. The SMILES string of the molecule is CN(c1ccccc1C(=O)Nc1ccc(S(=O)(=O)N2CCN(c3nc(C(F)(F)F)c(C#N)s3)CC2)cc1)S(C)(=O)=O. The number of carbonyl (C=O) groups is 1. The molecule has 11 nitrogen and oxygen atoms in total. The van der Waals surface area contributed by atoms with E-state index >= 15 is 0 Å². The Bertz CT molecular complexity index is 1710. The smallest absolute Gasteiger partial charge is 0.345 e. The van der Waals surface area contributed by atoms with Crippen LogP contribution in [0.3, 0.4) is 0 Å². The van der Waals surface area contributed by atoms with Crippen molar-refractivity contribution in [1.29, 1.82) is 5.26 Å². The number of hydrogen-bond acceptors (Lipinski definition) is 9. The Morgan fingerprint density at radius 3 is 2.20 bits per heavy atom. The highest BCUT2D eigenvalue weighted by Gasteiger charge is 2.39. The number of halogens is 3. The van der Waals surface area contributed by atoms with Crippen molar-refractivity contribution in [2.75, 3.05) is 54.0 Å². The van der Waals surface area contributed by atoms with Crippen molar-refractivity contribution < 1.29 is 34.8 Å². The van der Waals surface area contributed by atoms with Crippen molar-refractivity contribution in [3.8, 4) is 6.07 Å². The van der Waals surface area contributed by atoms with Gasteiger partial charge in [0.2, 0.25) is 20.0 Å². The maximum Gasteiger partial charge on any atom is 0.435 e. The Morgan fingerprint density at radius 1 is 1.05 bits per heavy atom. The summed E-state index contributed by atoms with van der Waals surface area (Å²) in [6.07, 6.45) is -3.76. The van der Waals surface area contributed by atoms with Gasteiger partial charge in [-0.3, -0.25) is 9.10 Å². The van der Waals surface area contributed by atoms with Crippen molar-refractivity contribution in [3.63, 3.8) is 0 Å². The number of hydrogen-bond donors (Lipinski definition) is 1. The fraction of sp³-hybridized carbons (Fsp3) is 0.292. The number of amides is 1. The molecular weight excluding hydrogens is 605 g/mol. The Kier molecular flexibility index (Phi) is 8.32. The lowest BCUT2D eigenvalue weighted by atomic mass is 10.1. The number of thiazole rings is 1. The topological polar surface area (TPSA) is 144 Å². The molecule has 3 aromatic rings. The molecule has 0 radical (unpaired) electrons. The standard InChI is InChI=1S/C24H23F3N6O5S3/c1-31(40(2,35)36)19-6-4-3-5-18(19)22(34)29-16-7-9-17(10-8-16)41(37,38)33-13-11-32(12-14-33)23-30-21(24(25,26)27)20(15-28)39-23/h3-10H,11-14H2,1-2H3,(H,29,34). The van der Waals surface area contributed by atoms with Gasteiger partial charge >= 0.3 is 6.18 Å². The van der Waals surface area contributed by atoms with Gasteiger partial charge in [0.05, 0.1) is 22.4 Å². The van der Waals surface area contributed by atoms with E-state index < -0.39 is 42.7 Å². The van der Waals surface area contributed by atoms with Crippen LogP contribution in [-0.2, 0) is 26.2 Å². The third-order valence-corrected chi connectivity index (χ3v) is 10.4. The minimum absolute atomic E-state index is 0.00433. The van der Waals surface area contributed by atoms with Crippen LogP contribution in [0.1, 0.15) is 20.9 Å². The summed E-state index contributed by atoms with van der Waals surface area (Å²) in [5.41, 5.74) is -0.720. The van der Waals surface area contributed by atoms with Crippen LogP contribution in [-0.4, -0.2) is 71.5 Å². The molecule has 0 spiro atoms. The first-order valence-electron chi connectivity index (χ1n) is 11.8. The molecule has 1 saturated heterocycles. The Labute approximate surface area is 238 Å². The average molecular weight is 629 g/mol. The van der Waals surface area contributed by atoms with E-state index in [0.717, 1.165) is 10.6 Å². The van der Waals surface area contributed by atoms with E-state index in [-0.39, 0.29) is 53.1 Å². The molecule has 1 aliphatic rings. The lowest BCUT2D eigenvalue weighted by Crippen LogP contribution is -2.48. The number of nitrogens with one attached hydrogen (secondary N) is 1. The van der Waals surface area contributed by atoms with Crippen molar-refractivity contribution in [1.82, 2.24) is 9.29 Å². The first kappa shape index (κ1) is 30.2. The quantitative estimate of drug-likeness (QED) is 0.420. The molecule has 0 bridgehead atoms. The van der Waals surface area contributed by atoms with Crippen LogP contribution in [0, 0.1) is 11.3 Å². The lowest BCUT2D eigenvalue weighted by Gasteiger charge is -2.33. The molecule has 1 fully saturated rings. The summed E-state index contributed by atoms with van der Waals surface area (Å²) in [7, 11) is -6.27. The molecule has 0 atom stereocenters. The van der Waals surface area contributed by atoms with Crippen molar-refractivity contribution in [2.45, 2.75) is 11.1 Å². The van der Waals surface area contributed by atoms with Crippen LogP contribution in [0.25, 0.3) is 0 Å². The number of piperazine rings is 1. The summed E-state index contributed by atoms with van der Waals surface area (Å²) in [5, 5.41) is 11.6. The summed E-state index contributed by atoms with van der Waals surface area (Å²) < 4.78 is 91.9. The van der Waals surface area contributed by atoms with Gasteiger partial charge in [-0.05, 0) is 36.4 Å². The highest BCUT2D eigenvalue weighted by atomic mass is 32.2. The summed E-state index contributed by atoms with van der Waals surface area (Å²) in [5.74, 6) is -0.599. The van der Waals surface area contributed by atoms with Crippen LogP contribution in [0.4, 0.5) is 29.7 Å². The summed E-state index contributed by atoms with van der Waals surface area (Å²) in [6.45, 7) is 0.108. The molecule has 1 N–H and O–H groups in total. The minimum Gasteiger partial charge on any atom is -0.345 e. The Hall–Kier alpha value is -3.72. The van der Waals surface area contributed by atoms with Gasteiger partial charge < -0.3 is 10.2 Å². The van der Waals surface area contributed by atoms with Gasteiger partial charge in [0.15, 0.2) is 10.8 Å². The number of rotatable bonds is 7. The normalized spacial score (nSPS) is 14.9. The van der Waals surface area contributed by atoms with E-state index in [1.54, 1.807) is 12.1 Å². The number of aromatic nitrogens is 1. The maximum absolute atomic E-state index is 13.2. The zero-order valence-electron chi connectivity index (χ0n) is 21.6. The Morgan fingerprint density at radius 2 is 1.66 bits per heavy atom. The van der Waals surface area contributed by atoms with E-state index in [1.165, 1.54) is 58.7 Å². The van der Waals surface area contributed by atoms with Crippen LogP contribution in [0.2, 0.25) is 0 Å². The van der Waals surface area contributed by atoms with Gasteiger partial charge in [-0.2, -0.15) is 22.7 Å². The molecule has 2 aromatic carbocycles. The maximum atomic E-state index is 13.2. The zero-order chi connectivity index (χ0) is 30.2. The molecule has 1 aromatic heterocycles. The first-order chi connectivity index (χ1) is 19.1. The van der Waals surface area contributed by atoms with Gasteiger partial charge in [0.1, 0.15) is 10.9 Å². The molecule has 0 saturated carbocycles. The Balaban J connectivity index is 1.44. The third-order valence-electron chi connectivity index (χ3n) is 6.23. The second-order valence-corrected chi connectivity index (χ2v) is 13.8. The molecule has 218 valence electrons. The van der Waals surface area contributed by atoms with Gasteiger partial charge in [-0.1, -0.05) is 23.5 Å². The van der Waals surface area contributed by atoms with E-state index in [9.17, 15) is 34.8 Å². The molecule has 4 rings (SSSR count). The van der Waals surface area contributed by atoms with Gasteiger partial charge in [-0.15, -0.1) is 0 Å². The third kappa shape index (κ3) is 6.45. The largest absolute Gasteiger partial charge is 0.435 e. The highest BCUT2D eigenvalue weighted by molar-refractivity contribution is 7.92. The van der Waals surface area contributed by atoms with E-state index in [1.807, 2.05) is 0 Å². The first-order valence-corrected chi connectivity index (χ1v) is 15.9. The summed E-state index contributed by atoms with van der Waals surface area (Å²) in [4.78, 5) is 17.4. The number of nitriles is 1. The number of nitrogens with zero attached hydrogens (tertiary/aromatic N) is 5. The predicted molar refractivity (Wildman–Crippen MR) is 147 cm³/mol. The van der Waals surface area contributed by atoms with Crippen LogP contribution in [0.5, 0.6) is 0 Å². The minimum atomic E-state index is -4.77. The molecule has 1 amide bonds. The fourth-order valence-corrected chi connectivity index (χ4v) is 6.88. The molecular formula is C24H23F3N6O5S3. The van der Waals surface area contributed by atoms with Crippen molar-refractivity contribution in [2.24, 2.45) is 0 Å². The molecule has 0 unspecified atom stereocenters. The number of alkyl halides is 3. The molecule has 17 heteroatoms. The monoisotopic (exact) mass is 628 g/mol. The van der Waals surface area contributed by atoms with Crippen molar-refractivity contribution in [3.05, 3.63) is 64.7 Å². The fourth-order valence-electron chi connectivity index (χ4n) is 4.01.